The second kappa shape index (κ2) is 5.53. The summed E-state index contributed by atoms with van der Waals surface area (Å²) in [7, 11) is 0. The quantitative estimate of drug-likeness (QED) is 0.633. The van der Waals surface area contributed by atoms with Gasteiger partial charge in [-0.15, -0.1) is 12.3 Å². The summed E-state index contributed by atoms with van der Waals surface area (Å²) in [4.78, 5) is 5.26. The number of hydrogen-bond donors (Lipinski definition) is 0. The van der Waals surface area contributed by atoms with Crippen LogP contribution in [0, 0.1) is 12.3 Å². The van der Waals surface area contributed by atoms with Gasteiger partial charge in [0.2, 0.25) is 0 Å². The molecule has 0 spiro atoms. The van der Waals surface area contributed by atoms with Gasteiger partial charge in [-0.2, -0.15) is 0 Å². The summed E-state index contributed by atoms with van der Waals surface area (Å²) in [6.07, 6.45) is 11.8. The minimum atomic E-state index is 0.819. The number of piperidine rings is 1. The Morgan fingerprint density at radius 2 is 2.00 bits per heavy atom. The Labute approximate surface area is 93.6 Å². The Bertz CT molecular complexity index is 231. The number of hydrogen-bond acceptors (Lipinski definition) is 2. The van der Waals surface area contributed by atoms with Crippen LogP contribution in [0.3, 0.4) is 0 Å². The summed E-state index contributed by atoms with van der Waals surface area (Å²) in [5.41, 5.74) is 0. The van der Waals surface area contributed by atoms with Crippen LogP contribution in [0.5, 0.6) is 0 Å². The van der Waals surface area contributed by atoms with Gasteiger partial charge in [0.05, 0.1) is 0 Å². The summed E-state index contributed by atoms with van der Waals surface area (Å²) in [6.45, 7) is 6.22. The number of nitrogens with zero attached hydrogens (tertiary/aromatic N) is 2. The van der Waals surface area contributed by atoms with Crippen LogP contribution in [0.1, 0.15) is 32.1 Å². The smallest absolute Gasteiger partial charge is 0.0223 e. The van der Waals surface area contributed by atoms with Crippen molar-refractivity contribution in [2.75, 3.05) is 32.7 Å². The van der Waals surface area contributed by atoms with Crippen LogP contribution in [0.2, 0.25) is 0 Å². The molecule has 0 aromatic rings. The highest BCUT2D eigenvalue weighted by Gasteiger charge is 2.26. The van der Waals surface area contributed by atoms with Gasteiger partial charge in [0.25, 0.3) is 0 Å². The molecule has 2 nitrogen and oxygen atoms in total. The van der Waals surface area contributed by atoms with E-state index in [1.54, 1.807) is 0 Å². The molecule has 2 saturated heterocycles. The van der Waals surface area contributed by atoms with E-state index in [4.69, 9.17) is 6.42 Å². The summed E-state index contributed by atoms with van der Waals surface area (Å²) in [5, 5.41) is 0. The average molecular weight is 206 g/mol. The van der Waals surface area contributed by atoms with E-state index in [2.05, 4.69) is 15.7 Å². The largest absolute Gasteiger partial charge is 0.301 e. The third kappa shape index (κ3) is 2.96. The van der Waals surface area contributed by atoms with Crippen molar-refractivity contribution >= 4 is 0 Å². The lowest BCUT2D eigenvalue weighted by Crippen LogP contribution is -2.44. The van der Waals surface area contributed by atoms with Crippen LogP contribution in [0.25, 0.3) is 0 Å². The Hall–Kier alpha value is -0.520. The maximum Gasteiger partial charge on any atom is 0.0223 e. The van der Waals surface area contributed by atoms with Crippen molar-refractivity contribution < 1.29 is 0 Å². The van der Waals surface area contributed by atoms with Gasteiger partial charge >= 0.3 is 0 Å². The van der Waals surface area contributed by atoms with Gasteiger partial charge in [0.15, 0.2) is 0 Å². The maximum atomic E-state index is 5.33. The Balaban J connectivity index is 1.87. The van der Waals surface area contributed by atoms with Crippen LogP contribution in [-0.4, -0.2) is 48.6 Å². The molecule has 2 aliphatic rings. The topological polar surface area (TPSA) is 6.48 Å². The predicted molar refractivity (Wildman–Crippen MR) is 63.7 cm³/mol. The molecule has 0 radical (unpaired) electrons. The minimum absolute atomic E-state index is 0.819. The zero-order valence-electron chi connectivity index (χ0n) is 9.62. The number of rotatable bonds is 2. The van der Waals surface area contributed by atoms with Gasteiger partial charge in [-0.3, -0.25) is 4.90 Å². The molecule has 0 bridgehead atoms. The molecule has 0 aliphatic carbocycles. The van der Waals surface area contributed by atoms with Gasteiger partial charge in [-0.05, 0) is 38.9 Å². The third-order valence-electron chi connectivity index (χ3n) is 3.71. The lowest BCUT2D eigenvalue weighted by molar-refractivity contribution is 0.137. The lowest BCUT2D eigenvalue weighted by atomic mass is 10.0. The van der Waals surface area contributed by atoms with Crippen molar-refractivity contribution in [2.45, 2.75) is 38.1 Å². The fraction of sp³-hybridized carbons (Fsp3) is 0.846. The molecule has 1 atom stereocenters. The molecule has 15 heavy (non-hydrogen) atoms. The summed E-state index contributed by atoms with van der Waals surface area (Å²) in [6, 6.07) is 0.819. The molecular formula is C13H22N2. The molecule has 2 aliphatic heterocycles. The second-order valence-corrected chi connectivity index (χ2v) is 4.79. The molecule has 2 rings (SSSR count). The van der Waals surface area contributed by atoms with Gasteiger partial charge < -0.3 is 4.90 Å². The van der Waals surface area contributed by atoms with Crippen LogP contribution in [0.4, 0.5) is 0 Å². The van der Waals surface area contributed by atoms with Crippen molar-refractivity contribution in [3.63, 3.8) is 0 Å². The average Bonchev–Trinajstić information content (AvgIpc) is 2.47. The van der Waals surface area contributed by atoms with Crippen molar-refractivity contribution in [1.29, 1.82) is 0 Å². The summed E-state index contributed by atoms with van der Waals surface area (Å²) in [5.74, 6) is 2.75. The Morgan fingerprint density at radius 1 is 1.13 bits per heavy atom. The standard InChI is InChI=1S/C13H22N2/c1-2-3-8-14-9-6-11-15-10-5-4-7-13(15)12-14/h1,13H,3-12H2. The number of terminal acetylenes is 1. The molecule has 84 valence electrons. The zero-order chi connectivity index (χ0) is 10.5. The first kappa shape index (κ1) is 11.0. The third-order valence-corrected chi connectivity index (χ3v) is 3.71. The van der Waals surface area contributed by atoms with E-state index in [1.807, 2.05) is 0 Å². The SMILES string of the molecule is C#CCCN1CCCN2CCCCC2C1. The van der Waals surface area contributed by atoms with Crippen molar-refractivity contribution in [2.24, 2.45) is 0 Å². The van der Waals surface area contributed by atoms with E-state index in [0.29, 0.717) is 0 Å². The van der Waals surface area contributed by atoms with E-state index in [-0.39, 0.29) is 0 Å². The highest BCUT2D eigenvalue weighted by atomic mass is 15.2. The Morgan fingerprint density at radius 3 is 2.87 bits per heavy atom. The van der Waals surface area contributed by atoms with Crippen LogP contribution in [-0.2, 0) is 0 Å². The van der Waals surface area contributed by atoms with Crippen molar-refractivity contribution in [3.05, 3.63) is 0 Å². The highest BCUT2D eigenvalue weighted by Crippen LogP contribution is 2.20. The molecule has 0 aromatic carbocycles. The van der Waals surface area contributed by atoms with Crippen LogP contribution >= 0.6 is 0 Å². The molecule has 1 unspecified atom stereocenters. The molecule has 2 heteroatoms. The van der Waals surface area contributed by atoms with E-state index < -0.39 is 0 Å². The molecule has 0 saturated carbocycles. The lowest BCUT2D eigenvalue weighted by Gasteiger charge is -2.35. The summed E-state index contributed by atoms with van der Waals surface area (Å²) >= 11 is 0. The number of fused-ring (bicyclic) bond motifs is 1. The van der Waals surface area contributed by atoms with Gasteiger partial charge in [-0.25, -0.2) is 0 Å². The molecule has 0 aromatic heterocycles. The Kier molecular flexibility index (Phi) is 4.05. The van der Waals surface area contributed by atoms with Crippen LogP contribution < -0.4 is 0 Å². The first-order valence-corrected chi connectivity index (χ1v) is 6.30. The first-order valence-electron chi connectivity index (χ1n) is 6.30. The normalized spacial score (nSPS) is 29.1. The molecular weight excluding hydrogens is 184 g/mol. The van der Waals surface area contributed by atoms with Gasteiger partial charge in [0.1, 0.15) is 0 Å². The fourth-order valence-corrected chi connectivity index (χ4v) is 2.87. The zero-order valence-corrected chi connectivity index (χ0v) is 9.62. The second-order valence-electron chi connectivity index (χ2n) is 4.79. The first-order chi connectivity index (χ1) is 7.40. The summed E-state index contributed by atoms with van der Waals surface area (Å²) < 4.78 is 0. The predicted octanol–water partition coefficient (Wildman–Crippen LogP) is 1.57. The fourth-order valence-electron chi connectivity index (χ4n) is 2.87. The van der Waals surface area contributed by atoms with Crippen molar-refractivity contribution in [1.82, 2.24) is 9.80 Å². The van der Waals surface area contributed by atoms with E-state index in [1.165, 1.54) is 51.9 Å². The molecule has 2 fully saturated rings. The molecule has 0 N–H and O–H groups in total. The molecule has 0 amide bonds. The minimum Gasteiger partial charge on any atom is -0.301 e. The van der Waals surface area contributed by atoms with Crippen molar-refractivity contribution in [3.8, 4) is 12.3 Å². The molecule has 2 heterocycles. The maximum absolute atomic E-state index is 5.33. The monoisotopic (exact) mass is 206 g/mol. The van der Waals surface area contributed by atoms with Gasteiger partial charge in [-0.1, -0.05) is 6.42 Å². The van der Waals surface area contributed by atoms with Crippen LogP contribution in [0.15, 0.2) is 0 Å². The van der Waals surface area contributed by atoms with Gasteiger partial charge in [0, 0.05) is 25.6 Å². The highest BCUT2D eigenvalue weighted by molar-refractivity contribution is 4.87. The van der Waals surface area contributed by atoms with E-state index in [9.17, 15) is 0 Å². The van der Waals surface area contributed by atoms with E-state index in [0.717, 1.165) is 19.0 Å². The van der Waals surface area contributed by atoms with E-state index >= 15 is 0 Å².